The van der Waals surface area contributed by atoms with Gasteiger partial charge in [-0.2, -0.15) is 0 Å². The maximum atomic E-state index is 12.8. The lowest BCUT2D eigenvalue weighted by molar-refractivity contribution is -0.145. The minimum atomic E-state index is -0.637. The number of carbonyl (C=O) groups excluding carboxylic acids is 3. The molecule has 0 aliphatic carbocycles. The van der Waals surface area contributed by atoms with Gasteiger partial charge in [0.05, 0.1) is 24.6 Å². The molecule has 0 bridgehead atoms. The number of nitrogens with one attached hydrogen (secondary N) is 2. The van der Waals surface area contributed by atoms with Gasteiger partial charge in [-0.05, 0) is 49.4 Å². The number of allylic oxidation sites excluding steroid dienone is 2. The third kappa shape index (κ3) is 12.5. The Bertz CT molecular complexity index is 1050. The molecule has 8 nitrogen and oxygen atoms in total. The Morgan fingerprint density at radius 2 is 1.69 bits per heavy atom. The summed E-state index contributed by atoms with van der Waals surface area (Å²) in [5.74, 6) is -0.941. The van der Waals surface area contributed by atoms with Gasteiger partial charge < -0.3 is 25.2 Å². The van der Waals surface area contributed by atoms with Gasteiger partial charge in [0.25, 0.3) is 0 Å². The van der Waals surface area contributed by atoms with E-state index in [9.17, 15) is 19.5 Å². The number of ether oxygens (including phenoxy) is 2. The van der Waals surface area contributed by atoms with Crippen LogP contribution in [0, 0.1) is 5.92 Å². The van der Waals surface area contributed by atoms with E-state index in [-0.39, 0.29) is 43.8 Å². The van der Waals surface area contributed by atoms with Gasteiger partial charge in [-0.25, -0.2) is 0 Å². The lowest BCUT2D eigenvalue weighted by Crippen LogP contribution is -2.44. The molecule has 0 aromatic heterocycles. The largest absolute Gasteiger partial charge is 0.489 e. The second kappa shape index (κ2) is 17.6. The zero-order chi connectivity index (χ0) is 28.5. The molecule has 0 saturated carbocycles. The SMILES string of the molecule is C=CCCC(=O)OC[C@H](C)NC(=O)[C@H](CC=C)CC(=O)N[C@H](CO)Cc1ccc(OCc2ccccc2)cc1. The molecule has 210 valence electrons. The van der Waals surface area contributed by atoms with Crippen molar-refractivity contribution in [3.8, 4) is 5.75 Å². The second-order valence-corrected chi connectivity index (χ2v) is 9.41. The smallest absolute Gasteiger partial charge is 0.306 e. The van der Waals surface area contributed by atoms with Crippen molar-refractivity contribution in [2.75, 3.05) is 13.2 Å². The Morgan fingerprint density at radius 3 is 2.33 bits per heavy atom. The molecule has 2 aromatic rings. The van der Waals surface area contributed by atoms with Crippen LogP contribution in [0.5, 0.6) is 5.75 Å². The third-order valence-electron chi connectivity index (χ3n) is 5.93. The summed E-state index contributed by atoms with van der Waals surface area (Å²) in [6.07, 6.45) is 4.65. The van der Waals surface area contributed by atoms with Crippen LogP contribution in [-0.2, 0) is 32.1 Å². The van der Waals surface area contributed by atoms with Crippen molar-refractivity contribution in [3.63, 3.8) is 0 Å². The van der Waals surface area contributed by atoms with E-state index < -0.39 is 18.0 Å². The number of aliphatic hydroxyl groups excluding tert-OH is 1. The molecule has 39 heavy (non-hydrogen) atoms. The van der Waals surface area contributed by atoms with Crippen LogP contribution in [0.3, 0.4) is 0 Å². The van der Waals surface area contributed by atoms with Crippen molar-refractivity contribution in [1.29, 1.82) is 0 Å². The van der Waals surface area contributed by atoms with Crippen molar-refractivity contribution < 1.29 is 29.0 Å². The predicted octanol–water partition coefficient (Wildman–Crippen LogP) is 3.88. The quantitative estimate of drug-likeness (QED) is 0.197. The van der Waals surface area contributed by atoms with Gasteiger partial charge >= 0.3 is 5.97 Å². The average Bonchev–Trinajstić information content (AvgIpc) is 2.94. The van der Waals surface area contributed by atoms with E-state index in [1.54, 1.807) is 19.1 Å². The van der Waals surface area contributed by atoms with Crippen LogP contribution in [0.15, 0.2) is 79.9 Å². The summed E-state index contributed by atoms with van der Waals surface area (Å²) in [6.45, 7) is 9.24. The van der Waals surface area contributed by atoms with E-state index in [0.29, 0.717) is 25.9 Å². The maximum absolute atomic E-state index is 12.8. The Kier molecular flexibility index (Phi) is 14.1. The zero-order valence-electron chi connectivity index (χ0n) is 22.6. The lowest BCUT2D eigenvalue weighted by Gasteiger charge is -2.21. The number of carbonyl (C=O) groups is 3. The van der Waals surface area contributed by atoms with Gasteiger partial charge in [-0.3, -0.25) is 14.4 Å². The Morgan fingerprint density at radius 1 is 0.974 bits per heavy atom. The fraction of sp³-hybridized carbons (Fsp3) is 0.387. The highest BCUT2D eigenvalue weighted by atomic mass is 16.5. The number of esters is 1. The van der Waals surface area contributed by atoms with E-state index in [4.69, 9.17) is 9.47 Å². The van der Waals surface area contributed by atoms with Gasteiger partial charge in [0.2, 0.25) is 11.8 Å². The zero-order valence-corrected chi connectivity index (χ0v) is 22.6. The molecule has 2 rings (SSSR count). The normalized spacial score (nSPS) is 12.9. The van der Waals surface area contributed by atoms with Crippen LogP contribution in [0.4, 0.5) is 0 Å². The molecule has 3 atom stereocenters. The van der Waals surface area contributed by atoms with Gasteiger partial charge in [-0.1, -0.05) is 54.6 Å². The van der Waals surface area contributed by atoms with E-state index >= 15 is 0 Å². The third-order valence-corrected chi connectivity index (χ3v) is 5.93. The summed E-state index contributed by atoms with van der Waals surface area (Å²) >= 11 is 0. The van der Waals surface area contributed by atoms with E-state index in [2.05, 4.69) is 23.8 Å². The van der Waals surface area contributed by atoms with Crippen molar-refractivity contribution in [1.82, 2.24) is 10.6 Å². The van der Waals surface area contributed by atoms with Crippen LogP contribution in [-0.4, -0.2) is 48.2 Å². The highest BCUT2D eigenvalue weighted by molar-refractivity contribution is 5.86. The Hall–Kier alpha value is -3.91. The van der Waals surface area contributed by atoms with E-state index in [1.807, 2.05) is 54.6 Å². The summed E-state index contributed by atoms with van der Waals surface area (Å²) in [5, 5.41) is 15.5. The molecule has 0 heterocycles. The van der Waals surface area contributed by atoms with Crippen molar-refractivity contribution in [3.05, 3.63) is 91.0 Å². The van der Waals surface area contributed by atoms with Crippen LogP contribution in [0.25, 0.3) is 0 Å². The van der Waals surface area contributed by atoms with Crippen LogP contribution in [0.2, 0.25) is 0 Å². The highest BCUT2D eigenvalue weighted by Gasteiger charge is 2.24. The standard InChI is InChI=1S/C31H40N2O6/c1-4-6-13-30(36)39-21-23(3)32-31(37)26(10-5-2)19-29(35)33-27(20-34)18-24-14-16-28(17-15-24)38-22-25-11-8-7-9-12-25/h4-5,7-9,11-12,14-17,23,26-27,34H,1-2,6,10,13,18-22H2,3H3,(H,32,37)(H,33,35)/t23-,26+,27-/m0/s1. The van der Waals surface area contributed by atoms with Gasteiger partial charge in [0.1, 0.15) is 19.0 Å². The molecule has 0 aliphatic rings. The fourth-order valence-electron chi connectivity index (χ4n) is 3.82. The first-order valence-electron chi connectivity index (χ1n) is 13.2. The number of benzene rings is 2. The van der Waals surface area contributed by atoms with Crippen LogP contribution < -0.4 is 15.4 Å². The minimum Gasteiger partial charge on any atom is -0.489 e. The van der Waals surface area contributed by atoms with E-state index in [0.717, 1.165) is 16.9 Å². The number of hydrogen-bond acceptors (Lipinski definition) is 6. The topological polar surface area (TPSA) is 114 Å². The van der Waals surface area contributed by atoms with Gasteiger partial charge in [0, 0.05) is 12.8 Å². The molecule has 2 amide bonds. The summed E-state index contributed by atoms with van der Waals surface area (Å²) in [5.41, 5.74) is 2.00. The average molecular weight is 537 g/mol. The molecular weight excluding hydrogens is 496 g/mol. The Balaban J connectivity index is 1.82. The first-order valence-corrected chi connectivity index (χ1v) is 13.2. The number of rotatable bonds is 18. The highest BCUT2D eigenvalue weighted by Crippen LogP contribution is 2.16. The monoisotopic (exact) mass is 536 g/mol. The molecule has 3 N–H and O–H groups in total. The molecule has 0 radical (unpaired) electrons. The van der Waals surface area contributed by atoms with Crippen molar-refractivity contribution in [2.45, 2.75) is 57.7 Å². The van der Waals surface area contributed by atoms with Crippen molar-refractivity contribution in [2.24, 2.45) is 5.92 Å². The van der Waals surface area contributed by atoms with E-state index in [1.165, 1.54) is 0 Å². The minimum absolute atomic E-state index is 0.0391. The first-order chi connectivity index (χ1) is 18.8. The fourth-order valence-corrected chi connectivity index (χ4v) is 3.82. The van der Waals surface area contributed by atoms with Gasteiger partial charge in [-0.15, -0.1) is 13.2 Å². The number of aliphatic hydroxyl groups is 1. The van der Waals surface area contributed by atoms with Crippen LogP contribution >= 0.6 is 0 Å². The lowest BCUT2D eigenvalue weighted by atomic mass is 9.98. The molecule has 8 heteroatoms. The summed E-state index contributed by atoms with van der Waals surface area (Å²) in [7, 11) is 0. The summed E-state index contributed by atoms with van der Waals surface area (Å²) in [4.78, 5) is 37.2. The number of hydrogen-bond donors (Lipinski definition) is 3. The first kappa shape index (κ1) is 31.3. The number of amides is 2. The van der Waals surface area contributed by atoms with Crippen LogP contribution in [0.1, 0.15) is 43.7 Å². The molecule has 0 spiro atoms. The predicted molar refractivity (Wildman–Crippen MR) is 151 cm³/mol. The molecule has 0 aliphatic heterocycles. The van der Waals surface area contributed by atoms with Crippen molar-refractivity contribution >= 4 is 17.8 Å². The molecule has 0 fully saturated rings. The molecule has 0 unspecified atom stereocenters. The summed E-state index contributed by atoms with van der Waals surface area (Å²) in [6, 6.07) is 16.5. The molecule has 0 saturated heterocycles. The molecular formula is C31H40N2O6. The molecule has 2 aromatic carbocycles. The second-order valence-electron chi connectivity index (χ2n) is 9.41. The summed E-state index contributed by atoms with van der Waals surface area (Å²) < 4.78 is 11.0. The maximum Gasteiger partial charge on any atom is 0.306 e. The van der Waals surface area contributed by atoms with Gasteiger partial charge in [0.15, 0.2) is 0 Å². The Labute approximate surface area is 231 Å².